The Morgan fingerprint density at radius 1 is 1.36 bits per heavy atom. The molecule has 0 amide bonds. The maximum Gasteiger partial charge on any atom is 0.316 e. The summed E-state index contributed by atoms with van der Waals surface area (Å²) in [6.45, 7) is 3.75. The predicted octanol–water partition coefficient (Wildman–Crippen LogP) is 0.136. The van der Waals surface area contributed by atoms with Gasteiger partial charge in [-0.05, 0) is 24.6 Å². The van der Waals surface area contributed by atoms with E-state index in [0.29, 0.717) is 0 Å². The van der Waals surface area contributed by atoms with E-state index in [4.69, 9.17) is 4.74 Å². The molecule has 59 valence electrons. The lowest BCUT2D eigenvalue weighted by atomic mass is 10.2. The summed E-state index contributed by atoms with van der Waals surface area (Å²) >= 11 is 0. The van der Waals surface area contributed by atoms with E-state index in [9.17, 15) is 0 Å². The molecule has 0 saturated carbocycles. The van der Waals surface area contributed by atoms with Gasteiger partial charge >= 0.3 is 23.1 Å². The molecule has 0 aliphatic heterocycles. The van der Waals surface area contributed by atoms with Gasteiger partial charge in [0.25, 0.3) is 0 Å². The van der Waals surface area contributed by atoms with Crippen molar-refractivity contribution >= 4 is 23.1 Å². The molecule has 0 heterocycles. The highest BCUT2D eigenvalue weighted by atomic mass is 24.3. The zero-order valence-electron chi connectivity index (χ0n) is 5.92. The first-order valence-electron chi connectivity index (χ1n) is 2.79. The van der Waals surface area contributed by atoms with Crippen molar-refractivity contribution in [2.24, 2.45) is 0 Å². The fourth-order valence-electron chi connectivity index (χ4n) is 0.672. The van der Waals surface area contributed by atoms with E-state index < -0.39 is 0 Å². The van der Waals surface area contributed by atoms with Gasteiger partial charge in [-0.25, -0.2) is 0 Å². The van der Waals surface area contributed by atoms with Crippen molar-refractivity contribution in [1.82, 2.24) is 0 Å². The monoisotopic (exact) mass is 165 g/mol. The first-order valence-corrected chi connectivity index (χ1v) is 2.79. The first kappa shape index (κ1) is 13.3. The molecule has 1 aromatic carbocycles. The van der Waals surface area contributed by atoms with Gasteiger partial charge in [0, 0.05) is 0 Å². The molecule has 3 heteroatoms. The highest BCUT2D eigenvalue weighted by molar-refractivity contribution is 5.75. The standard InChI is InChI=1S/C8H9O.Mg.H2O.2H/c1-7-4-3-5-8(6-7)9-2;;;;/h3-6H,1H2,2H3;;1H2;;. The van der Waals surface area contributed by atoms with E-state index in [2.05, 4.69) is 6.92 Å². The molecule has 0 aliphatic rings. The number of ether oxygens (including phenoxy) is 1. The quantitative estimate of drug-likeness (QED) is 0.546. The number of hydrogen-bond donors (Lipinski definition) is 0. The van der Waals surface area contributed by atoms with Crippen LogP contribution in [0, 0.1) is 6.92 Å². The molecule has 0 aromatic heterocycles. The minimum Gasteiger partial charge on any atom is -0.497 e. The lowest BCUT2D eigenvalue weighted by Crippen LogP contribution is -1.81. The van der Waals surface area contributed by atoms with Crippen LogP contribution in [0.5, 0.6) is 5.75 Å². The van der Waals surface area contributed by atoms with E-state index in [0.717, 1.165) is 11.3 Å². The van der Waals surface area contributed by atoms with Gasteiger partial charge in [0.2, 0.25) is 0 Å². The van der Waals surface area contributed by atoms with Crippen molar-refractivity contribution in [2.75, 3.05) is 7.11 Å². The second-order valence-corrected chi connectivity index (χ2v) is 1.85. The molecule has 1 rings (SSSR count). The minimum atomic E-state index is 0. The average Bonchev–Trinajstić information content (AvgIpc) is 1.88. The van der Waals surface area contributed by atoms with Gasteiger partial charge in [0.15, 0.2) is 0 Å². The normalized spacial score (nSPS) is 7.45. The molecule has 1 aromatic rings. The second kappa shape index (κ2) is 6.46. The van der Waals surface area contributed by atoms with Crippen molar-refractivity contribution in [3.8, 4) is 5.75 Å². The number of methoxy groups -OCH3 is 1. The van der Waals surface area contributed by atoms with Crippen molar-refractivity contribution in [3.63, 3.8) is 0 Å². The number of rotatable bonds is 1. The molecule has 0 bridgehead atoms. The van der Waals surface area contributed by atoms with Crippen LogP contribution in [0.1, 0.15) is 5.56 Å². The Morgan fingerprint density at radius 3 is 2.36 bits per heavy atom. The molecule has 11 heavy (non-hydrogen) atoms. The topological polar surface area (TPSA) is 40.7 Å². The van der Waals surface area contributed by atoms with Crippen LogP contribution in [-0.2, 0) is 0 Å². The van der Waals surface area contributed by atoms with Gasteiger partial charge in [-0.15, -0.1) is 0 Å². The van der Waals surface area contributed by atoms with Gasteiger partial charge in [0.05, 0.1) is 7.11 Å². The fraction of sp³-hybridized carbons (Fsp3) is 0.125. The van der Waals surface area contributed by atoms with Crippen molar-refractivity contribution in [3.05, 3.63) is 36.8 Å². The van der Waals surface area contributed by atoms with Crippen LogP contribution >= 0.6 is 0 Å². The lowest BCUT2D eigenvalue weighted by Gasteiger charge is -1.97. The van der Waals surface area contributed by atoms with Crippen LogP contribution in [0.25, 0.3) is 0 Å². The lowest BCUT2D eigenvalue weighted by molar-refractivity contribution is 0.414. The van der Waals surface area contributed by atoms with E-state index >= 15 is 0 Å². The summed E-state index contributed by atoms with van der Waals surface area (Å²) in [7, 11) is 1.65. The predicted molar refractivity (Wildman–Crippen MR) is 49.6 cm³/mol. The van der Waals surface area contributed by atoms with Crippen LogP contribution in [0.2, 0.25) is 0 Å². The summed E-state index contributed by atoms with van der Waals surface area (Å²) in [6.07, 6.45) is 0. The van der Waals surface area contributed by atoms with Crippen molar-refractivity contribution in [2.45, 2.75) is 0 Å². The molecule has 0 saturated heterocycles. The van der Waals surface area contributed by atoms with Gasteiger partial charge < -0.3 is 10.2 Å². The van der Waals surface area contributed by atoms with Crippen molar-refractivity contribution < 1.29 is 10.2 Å². The summed E-state index contributed by atoms with van der Waals surface area (Å²) in [6, 6.07) is 7.64. The van der Waals surface area contributed by atoms with Crippen LogP contribution < -0.4 is 4.74 Å². The Bertz CT molecular complexity index is 201. The molecular formula is C8H13MgO2. The molecule has 0 atom stereocenters. The number of benzene rings is 1. The Morgan fingerprint density at radius 2 is 2.00 bits per heavy atom. The molecule has 2 nitrogen and oxygen atoms in total. The van der Waals surface area contributed by atoms with E-state index in [-0.39, 0.29) is 28.5 Å². The SMILES string of the molecule is O.[CH2]c1cccc(OC)c1.[MgH2]. The third-order valence-corrected chi connectivity index (χ3v) is 1.13. The Labute approximate surface area is 83.0 Å². The zero-order chi connectivity index (χ0) is 6.69. The highest BCUT2D eigenvalue weighted by Crippen LogP contribution is 2.10. The van der Waals surface area contributed by atoms with E-state index in [1.54, 1.807) is 7.11 Å². The first-order chi connectivity index (χ1) is 4.33. The summed E-state index contributed by atoms with van der Waals surface area (Å²) < 4.78 is 4.96. The molecule has 2 N–H and O–H groups in total. The van der Waals surface area contributed by atoms with Gasteiger partial charge in [0.1, 0.15) is 5.75 Å². The van der Waals surface area contributed by atoms with Gasteiger partial charge in [-0.1, -0.05) is 12.1 Å². The van der Waals surface area contributed by atoms with Crippen LogP contribution in [0.4, 0.5) is 0 Å². The van der Waals surface area contributed by atoms with Crippen LogP contribution in [0.15, 0.2) is 24.3 Å². The zero-order valence-corrected chi connectivity index (χ0v) is 5.92. The molecule has 1 radical (unpaired) electrons. The maximum atomic E-state index is 4.96. The smallest absolute Gasteiger partial charge is 0.316 e. The van der Waals surface area contributed by atoms with Gasteiger partial charge in [-0.2, -0.15) is 0 Å². The van der Waals surface area contributed by atoms with E-state index in [1.165, 1.54) is 0 Å². The van der Waals surface area contributed by atoms with Crippen LogP contribution in [-0.4, -0.2) is 35.6 Å². The summed E-state index contributed by atoms with van der Waals surface area (Å²) in [5, 5.41) is 0. The average molecular weight is 165 g/mol. The fourth-order valence-corrected chi connectivity index (χ4v) is 0.672. The number of hydrogen-bond acceptors (Lipinski definition) is 1. The molecular weight excluding hydrogens is 152 g/mol. The van der Waals surface area contributed by atoms with Gasteiger partial charge in [-0.3, -0.25) is 0 Å². The molecule has 0 unspecified atom stereocenters. The molecule has 0 aliphatic carbocycles. The third-order valence-electron chi connectivity index (χ3n) is 1.13. The summed E-state index contributed by atoms with van der Waals surface area (Å²) in [5.41, 5.74) is 0.981. The van der Waals surface area contributed by atoms with Crippen molar-refractivity contribution in [1.29, 1.82) is 0 Å². The Balaban J connectivity index is 0. The third kappa shape index (κ3) is 4.24. The minimum absolute atomic E-state index is 0. The molecule has 0 spiro atoms. The largest absolute Gasteiger partial charge is 0.497 e. The molecule has 0 fully saturated rings. The Hall–Kier alpha value is -0.254. The Kier molecular flexibility index (Phi) is 7.83. The maximum absolute atomic E-state index is 4.96. The summed E-state index contributed by atoms with van der Waals surface area (Å²) in [5.74, 6) is 0.863. The highest BCUT2D eigenvalue weighted by Gasteiger charge is 1.86. The van der Waals surface area contributed by atoms with Crippen LogP contribution in [0.3, 0.4) is 0 Å². The van der Waals surface area contributed by atoms with E-state index in [1.807, 2.05) is 24.3 Å². The summed E-state index contributed by atoms with van der Waals surface area (Å²) in [4.78, 5) is 0. The second-order valence-electron chi connectivity index (χ2n) is 1.85.